The molecule has 140 valence electrons. The highest BCUT2D eigenvalue weighted by Crippen LogP contribution is 2.22. The highest BCUT2D eigenvalue weighted by atomic mass is 35.5. The molecule has 0 saturated carbocycles. The van der Waals surface area contributed by atoms with Crippen molar-refractivity contribution in [2.45, 2.75) is 13.0 Å². The molecule has 1 N–H and O–H groups in total. The molecule has 1 atom stereocenters. The summed E-state index contributed by atoms with van der Waals surface area (Å²) in [6, 6.07) is 13.6. The zero-order chi connectivity index (χ0) is 18.8. The van der Waals surface area contributed by atoms with Gasteiger partial charge in [-0.15, -0.1) is 0 Å². The van der Waals surface area contributed by atoms with Crippen LogP contribution in [-0.2, 0) is 4.74 Å². The predicted octanol–water partition coefficient (Wildman–Crippen LogP) is 3.32. The Kier molecular flexibility index (Phi) is 5.01. The highest BCUT2D eigenvalue weighted by Gasteiger charge is 2.20. The standard InChI is InChI=1S/C20H21ClN4O2/c1-14(15-5-7-16(8-6-15)24-10-12-27-13-11-24)22-20(26)18-19(21)23-17-4-2-3-9-25(17)18/h2-9,14H,10-13H2,1H3,(H,22,26). The van der Waals surface area contributed by atoms with Gasteiger partial charge in [-0.1, -0.05) is 29.8 Å². The molecule has 7 heteroatoms. The number of rotatable bonds is 4. The number of nitrogens with one attached hydrogen (secondary N) is 1. The lowest BCUT2D eigenvalue weighted by atomic mass is 10.1. The van der Waals surface area contributed by atoms with Gasteiger partial charge in [-0.2, -0.15) is 0 Å². The van der Waals surface area contributed by atoms with Crippen LogP contribution in [0.15, 0.2) is 48.7 Å². The van der Waals surface area contributed by atoms with E-state index in [4.69, 9.17) is 16.3 Å². The summed E-state index contributed by atoms with van der Waals surface area (Å²) in [5.41, 5.74) is 3.20. The third kappa shape index (κ3) is 3.63. The number of imidazole rings is 1. The Morgan fingerprint density at radius 1 is 1.19 bits per heavy atom. The molecular weight excluding hydrogens is 364 g/mol. The molecule has 0 radical (unpaired) electrons. The number of nitrogens with zero attached hydrogens (tertiary/aromatic N) is 3. The molecule has 1 aliphatic heterocycles. The van der Waals surface area contributed by atoms with Crippen LogP contribution in [0.2, 0.25) is 5.15 Å². The fourth-order valence-corrected chi connectivity index (χ4v) is 3.58. The van der Waals surface area contributed by atoms with Crippen molar-refractivity contribution < 1.29 is 9.53 Å². The van der Waals surface area contributed by atoms with Crippen LogP contribution in [0.1, 0.15) is 29.0 Å². The average molecular weight is 385 g/mol. The third-order valence-corrected chi connectivity index (χ3v) is 5.08. The second-order valence-electron chi connectivity index (χ2n) is 6.57. The van der Waals surface area contributed by atoms with Crippen LogP contribution in [0.5, 0.6) is 0 Å². The van der Waals surface area contributed by atoms with Crippen molar-refractivity contribution in [2.75, 3.05) is 31.2 Å². The first-order valence-electron chi connectivity index (χ1n) is 8.99. The molecule has 1 aliphatic rings. The van der Waals surface area contributed by atoms with Crippen molar-refractivity contribution in [3.05, 3.63) is 65.1 Å². The Morgan fingerprint density at radius 2 is 1.93 bits per heavy atom. The molecule has 0 spiro atoms. The van der Waals surface area contributed by atoms with Gasteiger partial charge in [0.05, 0.1) is 19.3 Å². The van der Waals surface area contributed by atoms with Crippen molar-refractivity contribution in [1.82, 2.24) is 14.7 Å². The molecule has 1 saturated heterocycles. The van der Waals surface area contributed by atoms with Gasteiger partial charge in [0.2, 0.25) is 0 Å². The van der Waals surface area contributed by atoms with Crippen LogP contribution in [0.25, 0.3) is 5.65 Å². The zero-order valence-electron chi connectivity index (χ0n) is 15.1. The molecule has 1 fully saturated rings. The first kappa shape index (κ1) is 17.8. The molecule has 2 aromatic heterocycles. The van der Waals surface area contributed by atoms with E-state index >= 15 is 0 Å². The fourth-order valence-electron chi connectivity index (χ4n) is 3.31. The van der Waals surface area contributed by atoms with E-state index < -0.39 is 0 Å². The number of anilines is 1. The molecular formula is C20H21ClN4O2. The molecule has 0 aliphatic carbocycles. The fraction of sp³-hybridized carbons (Fsp3) is 0.300. The Morgan fingerprint density at radius 3 is 2.67 bits per heavy atom. The van der Waals surface area contributed by atoms with Gasteiger partial charge in [0.1, 0.15) is 5.65 Å². The minimum Gasteiger partial charge on any atom is -0.378 e. The predicted molar refractivity (Wildman–Crippen MR) is 106 cm³/mol. The van der Waals surface area contributed by atoms with E-state index in [0.29, 0.717) is 11.3 Å². The van der Waals surface area contributed by atoms with Crippen LogP contribution in [-0.4, -0.2) is 41.6 Å². The van der Waals surface area contributed by atoms with Gasteiger partial charge in [0.25, 0.3) is 5.91 Å². The zero-order valence-corrected chi connectivity index (χ0v) is 15.8. The van der Waals surface area contributed by atoms with Gasteiger partial charge in [-0.05, 0) is 36.8 Å². The van der Waals surface area contributed by atoms with Crippen LogP contribution < -0.4 is 10.2 Å². The Hall–Kier alpha value is -2.57. The molecule has 0 bridgehead atoms. The number of ether oxygens (including phenoxy) is 1. The van der Waals surface area contributed by atoms with E-state index in [1.54, 1.807) is 10.6 Å². The first-order chi connectivity index (χ1) is 13.1. The Balaban J connectivity index is 1.49. The van der Waals surface area contributed by atoms with E-state index in [1.165, 1.54) is 5.69 Å². The van der Waals surface area contributed by atoms with Gasteiger partial charge >= 0.3 is 0 Å². The first-order valence-corrected chi connectivity index (χ1v) is 9.37. The van der Waals surface area contributed by atoms with Crippen molar-refractivity contribution in [3.63, 3.8) is 0 Å². The maximum atomic E-state index is 12.8. The minimum absolute atomic E-state index is 0.151. The lowest BCUT2D eigenvalue weighted by Crippen LogP contribution is -2.36. The van der Waals surface area contributed by atoms with Gasteiger partial charge < -0.3 is 15.0 Å². The monoisotopic (exact) mass is 384 g/mol. The Bertz CT molecular complexity index is 948. The largest absolute Gasteiger partial charge is 0.378 e. The van der Waals surface area contributed by atoms with Crippen molar-refractivity contribution >= 4 is 28.8 Å². The van der Waals surface area contributed by atoms with Crippen LogP contribution in [0.3, 0.4) is 0 Å². The number of amides is 1. The summed E-state index contributed by atoms with van der Waals surface area (Å²) in [5.74, 6) is -0.247. The maximum Gasteiger partial charge on any atom is 0.272 e. The van der Waals surface area contributed by atoms with Gasteiger partial charge in [-0.3, -0.25) is 9.20 Å². The summed E-state index contributed by atoms with van der Waals surface area (Å²) >= 11 is 6.19. The van der Waals surface area contributed by atoms with Crippen LogP contribution in [0.4, 0.5) is 5.69 Å². The number of hydrogen-bond donors (Lipinski definition) is 1. The topological polar surface area (TPSA) is 58.9 Å². The van der Waals surface area contributed by atoms with E-state index in [1.807, 2.05) is 37.3 Å². The molecule has 3 heterocycles. The number of halogens is 1. The molecule has 1 amide bonds. The smallest absolute Gasteiger partial charge is 0.272 e. The lowest BCUT2D eigenvalue weighted by Gasteiger charge is -2.29. The maximum absolute atomic E-state index is 12.8. The van der Waals surface area contributed by atoms with Crippen LogP contribution >= 0.6 is 11.6 Å². The second kappa shape index (κ2) is 7.58. The Labute approximate surface area is 162 Å². The molecule has 27 heavy (non-hydrogen) atoms. The second-order valence-corrected chi connectivity index (χ2v) is 6.92. The van der Waals surface area contributed by atoms with Gasteiger partial charge in [-0.25, -0.2) is 4.98 Å². The number of hydrogen-bond acceptors (Lipinski definition) is 4. The lowest BCUT2D eigenvalue weighted by molar-refractivity contribution is 0.0934. The van der Waals surface area contributed by atoms with Crippen LogP contribution in [0, 0.1) is 0 Å². The van der Waals surface area contributed by atoms with E-state index in [2.05, 4.69) is 27.3 Å². The summed E-state index contributed by atoms with van der Waals surface area (Å²) in [6.45, 7) is 5.28. The number of pyridine rings is 1. The summed E-state index contributed by atoms with van der Waals surface area (Å²) in [7, 11) is 0. The van der Waals surface area contributed by atoms with Gasteiger partial charge in [0.15, 0.2) is 10.8 Å². The SMILES string of the molecule is CC(NC(=O)c1c(Cl)nc2ccccn12)c1ccc(N2CCOCC2)cc1. The summed E-state index contributed by atoms with van der Waals surface area (Å²) < 4.78 is 7.10. The molecule has 4 rings (SSSR count). The number of morpholine rings is 1. The number of fused-ring (bicyclic) bond motifs is 1. The minimum atomic E-state index is -0.247. The van der Waals surface area contributed by atoms with Crippen molar-refractivity contribution in [3.8, 4) is 0 Å². The normalized spacial score (nSPS) is 15.7. The highest BCUT2D eigenvalue weighted by molar-refractivity contribution is 6.32. The molecule has 6 nitrogen and oxygen atoms in total. The van der Waals surface area contributed by atoms with E-state index in [9.17, 15) is 4.79 Å². The number of benzene rings is 1. The van der Waals surface area contributed by atoms with Crippen molar-refractivity contribution in [1.29, 1.82) is 0 Å². The van der Waals surface area contributed by atoms with E-state index in [-0.39, 0.29) is 17.1 Å². The summed E-state index contributed by atoms with van der Waals surface area (Å²) in [6.07, 6.45) is 1.78. The van der Waals surface area contributed by atoms with Crippen molar-refractivity contribution in [2.24, 2.45) is 0 Å². The molecule has 1 aromatic carbocycles. The molecule has 1 unspecified atom stereocenters. The van der Waals surface area contributed by atoms with Gasteiger partial charge in [0, 0.05) is 25.0 Å². The number of carbonyl (C=O) groups excluding carboxylic acids is 1. The quantitative estimate of drug-likeness (QED) is 0.749. The molecule has 3 aromatic rings. The third-order valence-electron chi connectivity index (χ3n) is 4.82. The summed E-state index contributed by atoms with van der Waals surface area (Å²) in [4.78, 5) is 19.3. The summed E-state index contributed by atoms with van der Waals surface area (Å²) in [5, 5.41) is 3.22. The number of carbonyl (C=O) groups is 1. The number of aromatic nitrogens is 2. The average Bonchev–Trinajstić information content (AvgIpc) is 3.04. The van der Waals surface area contributed by atoms with E-state index in [0.717, 1.165) is 31.9 Å².